The van der Waals surface area contributed by atoms with Crippen LogP contribution in [0.1, 0.15) is 29.5 Å². The molecule has 0 amide bonds. The van der Waals surface area contributed by atoms with Gasteiger partial charge in [-0.15, -0.1) is 0 Å². The summed E-state index contributed by atoms with van der Waals surface area (Å²) < 4.78 is 18.9. The van der Waals surface area contributed by atoms with E-state index in [9.17, 15) is 9.18 Å². The van der Waals surface area contributed by atoms with Crippen molar-refractivity contribution >= 4 is 5.97 Å². The Kier molecular flexibility index (Phi) is 5.53. The summed E-state index contributed by atoms with van der Waals surface area (Å²) in [5.74, 6) is -0.325. The molecule has 4 heteroatoms. The molecule has 0 aromatic heterocycles. The number of aliphatic carboxylic acids is 1. The van der Waals surface area contributed by atoms with Crippen LogP contribution in [0, 0.1) is 12.7 Å². The number of aryl methyl sites for hydroxylation is 2. The van der Waals surface area contributed by atoms with Crippen LogP contribution in [0.25, 0.3) is 0 Å². The van der Waals surface area contributed by atoms with Gasteiger partial charge < -0.3 is 9.84 Å². The summed E-state index contributed by atoms with van der Waals surface area (Å²) in [6.45, 7) is 2.24. The number of hydrogen-bond acceptors (Lipinski definition) is 2. The molecular weight excluding hydrogens is 283 g/mol. The van der Waals surface area contributed by atoms with Gasteiger partial charge in [-0.1, -0.05) is 18.2 Å². The average molecular weight is 302 g/mol. The summed E-state index contributed by atoms with van der Waals surface area (Å²) in [6.07, 6.45) is 1.53. The fourth-order valence-electron chi connectivity index (χ4n) is 2.15. The van der Waals surface area contributed by atoms with Crippen molar-refractivity contribution < 1.29 is 19.0 Å². The lowest BCUT2D eigenvalue weighted by atomic mass is 10.1. The van der Waals surface area contributed by atoms with E-state index in [0.29, 0.717) is 18.8 Å². The second-order valence-corrected chi connectivity index (χ2v) is 5.25. The highest BCUT2D eigenvalue weighted by Crippen LogP contribution is 2.17. The third-order valence-electron chi connectivity index (χ3n) is 3.48. The van der Waals surface area contributed by atoms with Gasteiger partial charge in [-0.3, -0.25) is 4.79 Å². The molecule has 0 heterocycles. The van der Waals surface area contributed by atoms with Gasteiger partial charge in [0.15, 0.2) is 0 Å². The molecule has 0 spiro atoms. The Bertz CT molecular complexity index is 635. The van der Waals surface area contributed by atoms with E-state index in [0.717, 1.165) is 23.1 Å². The molecule has 0 aliphatic carbocycles. The highest BCUT2D eigenvalue weighted by atomic mass is 19.1. The summed E-state index contributed by atoms with van der Waals surface area (Å²) in [6, 6.07) is 12.2. The molecule has 3 nitrogen and oxygen atoms in total. The Labute approximate surface area is 129 Å². The van der Waals surface area contributed by atoms with E-state index < -0.39 is 5.97 Å². The van der Waals surface area contributed by atoms with E-state index in [2.05, 4.69) is 0 Å². The van der Waals surface area contributed by atoms with E-state index in [1.165, 1.54) is 12.1 Å². The lowest BCUT2D eigenvalue weighted by Gasteiger charge is -2.09. The molecule has 116 valence electrons. The predicted octanol–water partition coefficient (Wildman–Crippen LogP) is 4.12. The number of ether oxygens (including phenoxy) is 1. The summed E-state index contributed by atoms with van der Waals surface area (Å²) in [7, 11) is 0. The van der Waals surface area contributed by atoms with Crippen molar-refractivity contribution in [2.24, 2.45) is 0 Å². The Balaban J connectivity index is 1.88. The van der Waals surface area contributed by atoms with Gasteiger partial charge in [0.2, 0.25) is 0 Å². The van der Waals surface area contributed by atoms with Gasteiger partial charge in [0.05, 0.1) is 0 Å². The summed E-state index contributed by atoms with van der Waals surface area (Å²) >= 11 is 0. The topological polar surface area (TPSA) is 46.5 Å². The molecule has 2 aromatic carbocycles. The Hall–Kier alpha value is -2.36. The zero-order valence-electron chi connectivity index (χ0n) is 12.5. The molecule has 2 rings (SSSR count). The number of carbonyl (C=O) groups is 1. The van der Waals surface area contributed by atoms with Gasteiger partial charge in [0.1, 0.15) is 18.2 Å². The van der Waals surface area contributed by atoms with Crippen molar-refractivity contribution in [2.75, 3.05) is 0 Å². The highest BCUT2D eigenvalue weighted by Gasteiger charge is 2.03. The lowest BCUT2D eigenvalue weighted by molar-refractivity contribution is -0.137. The SMILES string of the molecule is Cc1ccc(F)cc1COc1ccc(CCCC(=O)O)cc1. The van der Waals surface area contributed by atoms with Crippen LogP contribution in [0.2, 0.25) is 0 Å². The maximum atomic E-state index is 13.2. The molecule has 22 heavy (non-hydrogen) atoms. The van der Waals surface area contributed by atoms with Crippen LogP contribution in [0.4, 0.5) is 4.39 Å². The molecule has 0 aliphatic heterocycles. The maximum Gasteiger partial charge on any atom is 0.303 e. The molecule has 0 saturated heterocycles. The molecule has 1 N–H and O–H groups in total. The second kappa shape index (κ2) is 7.59. The quantitative estimate of drug-likeness (QED) is 0.837. The van der Waals surface area contributed by atoms with E-state index in [1.807, 2.05) is 31.2 Å². The summed E-state index contributed by atoms with van der Waals surface area (Å²) in [5.41, 5.74) is 2.90. The number of carboxylic acids is 1. The largest absolute Gasteiger partial charge is 0.489 e. The number of carboxylic acid groups (broad SMARTS) is 1. The first-order valence-corrected chi connectivity index (χ1v) is 7.23. The van der Waals surface area contributed by atoms with Crippen LogP contribution in [0.15, 0.2) is 42.5 Å². The molecule has 0 fully saturated rings. The monoisotopic (exact) mass is 302 g/mol. The third kappa shape index (κ3) is 4.88. The van der Waals surface area contributed by atoms with Crippen LogP contribution >= 0.6 is 0 Å². The van der Waals surface area contributed by atoms with Crippen molar-refractivity contribution in [3.63, 3.8) is 0 Å². The molecule has 0 unspecified atom stereocenters. The normalized spacial score (nSPS) is 10.5. The second-order valence-electron chi connectivity index (χ2n) is 5.25. The van der Waals surface area contributed by atoms with Gasteiger partial charge in [0.25, 0.3) is 0 Å². The van der Waals surface area contributed by atoms with Crippen LogP contribution in [0.3, 0.4) is 0 Å². The Morgan fingerprint density at radius 3 is 2.59 bits per heavy atom. The summed E-state index contributed by atoms with van der Waals surface area (Å²) in [4.78, 5) is 10.5. The molecular formula is C18H19FO3. The molecule has 0 saturated carbocycles. The molecule has 0 aliphatic rings. The van der Waals surface area contributed by atoms with Crippen molar-refractivity contribution in [2.45, 2.75) is 32.8 Å². The standard InChI is InChI=1S/C18H19FO3/c1-13-5-8-16(19)11-15(13)12-22-17-9-6-14(7-10-17)3-2-4-18(20)21/h5-11H,2-4,12H2,1H3,(H,20,21). The zero-order chi connectivity index (χ0) is 15.9. The Morgan fingerprint density at radius 1 is 1.18 bits per heavy atom. The van der Waals surface area contributed by atoms with Crippen LogP contribution in [0.5, 0.6) is 5.75 Å². The predicted molar refractivity (Wildman–Crippen MR) is 82.5 cm³/mol. The number of benzene rings is 2. The fourth-order valence-corrected chi connectivity index (χ4v) is 2.15. The summed E-state index contributed by atoms with van der Waals surface area (Å²) in [5, 5.41) is 8.61. The minimum absolute atomic E-state index is 0.178. The lowest BCUT2D eigenvalue weighted by Crippen LogP contribution is -1.99. The van der Waals surface area contributed by atoms with E-state index in [4.69, 9.17) is 9.84 Å². The van der Waals surface area contributed by atoms with E-state index in [-0.39, 0.29) is 12.2 Å². The van der Waals surface area contributed by atoms with Crippen LogP contribution in [-0.2, 0) is 17.8 Å². The molecule has 2 aromatic rings. The number of rotatable bonds is 7. The molecule has 0 radical (unpaired) electrons. The van der Waals surface area contributed by atoms with E-state index in [1.54, 1.807) is 6.07 Å². The molecule has 0 bridgehead atoms. The first-order valence-electron chi connectivity index (χ1n) is 7.23. The van der Waals surface area contributed by atoms with Crippen molar-refractivity contribution in [3.8, 4) is 5.75 Å². The number of hydrogen-bond donors (Lipinski definition) is 1. The van der Waals surface area contributed by atoms with Crippen LogP contribution in [-0.4, -0.2) is 11.1 Å². The maximum absolute atomic E-state index is 13.2. The minimum atomic E-state index is -0.773. The first-order chi connectivity index (χ1) is 10.5. The average Bonchev–Trinajstić information content (AvgIpc) is 2.49. The van der Waals surface area contributed by atoms with Crippen molar-refractivity contribution in [1.82, 2.24) is 0 Å². The van der Waals surface area contributed by atoms with Crippen molar-refractivity contribution in [3.05, 3.63) is 65.0 Å². The van der Waals surface area contributed by atoms with Crippen molar-refractivity contribution in [1.29, 1.82) is 0 Å². The van der Waals surface area contributed by atoms with Gasteiger partial charge in [-0.25, -0.2) is 4.39 Å². The fraction of sp³-hybridized carbons (Fsp3) is 0.278. The Morgan fingerprint density at radius 2 is 1.91 bits per heavy atom. The van der Waals surface area contributed by atoms with E-state index >= 15 is 0 Å². The van der Waals surface area contributed by atoms with Gasteiger partial charge in [-0.05, 0) is 60.7 Å². The molecule has 0 atom stereocenters. The minimum Gasteiger partial charge on any atom is -0.489 e. The third-order valence-corrected chi connectivity index (χ3v) is 3.48. The van der Waals surface area contributed by atoms with Crippen LogP contribution < -0.4 is 4.74 Å². The smallest absolute Gasteiger partial charge is 0.303 e. The highest BCUT2D eigenvalue weighted by molar-refractivity contribution is 5.66. The van der Waals surface area contributed by atoms with Gasteiger partial charge >= 0.3 is 5.97 Å². The first kappa shape index (κ1) is 16.0. The number of halogens is 1. The van der Waals surface area contributed by atoms with Gasteiger partial charge in [0, 0.05) is 6.42 Å². The zero-order valence-corrected chi connectivity index (χ0v) is 12.5. The van der Waals surface area contributed by atoms with Gasteiger partial charge in [-0.2, -0.15) is 0 Å².